The van der Waals surface area contributed by atoms with Gasteiger partial charge in [0.2, 0.25) is 0 Å². The molecule has 1 aliphatic rings. The molecule has 0 aliphatic carbocycles. The molecule has 0 unspecified atom stereocenters. The van der Waals surface area contributed by atoms with Crippen LogP contribution in [0.2, 0.25) is 0 Å². The van der Waals surface area contributed by atoms with Gasteiger partial charge in [0.15, 0.2) is 0 Å². The van der Waals surface area contributed by atoms with Gasteiger partial charge in [-0.3, -0.25) is 5.43 Å². The number of hydrogen-bond acceptors (Lipinski definition) is 3. The lowest BCUT2D eigenvalue weighted by atomic mass is 9.79. The fourth-order valence-electron chi connectivity index (χ4n) is 4.08. The van der Waals surface area contributed by atoms with Gasteiger partial charge < -0.3 is 4.90 Å². The van der Waals surface area contributed by atoms with Crippen LogP contribution >= 0.6 is 0 Å². The van der Waals surface area contributed by atoms with Gasteiger partial charge in [0.05, 0.1) is 11.9 Å². The van der Waals surface area contributed by atoms with E-state index in [0.29, 0.717) is 5.92 Å². The molecule has 3 heteroatoms. The van der Waals surface area contributed by atoms with Crippen molar-refractivity contribution in [2.45, 2.75) is 52.5 Å². The third-order valence-corrected chi connectivity index (χ3v) is 5.26. The van der Waals surface area contributed by atoms with Crippen molar-refractivity contribution in [1.82, 2.24) is 0 Å². The zero-order valence-electron chi connectivity index (χ0n) is 16.0. The van der Waals surface area contributed by atoms with Crippen LogP contribution in [-0.2, 0) is 0 Å². The molecule has 0 saturated heterocycles. The molecule has 0 spiro atoms. The Morgan fingerprint density at radius 2 is 1.96 bits per heavy atom. The van der Waals surface area contributed by atoms with Crippen LogP contribution in [0.3, 0.4) is 0 Å². The molecule has 2 aromatic rings. The van der Waals surface area contributed by atoms with Gasteiger partial charge in [-0.05, 0) is 81.0 Å². The number of fused-ring (bicyclic) bond motifs is 1. The summed E-state index contributed by atoms with van der Waals surface area (Å²) in [5.74, 6) is 0.558. The minimum Gasteiger partial charge on any atom is -0.366 e. The SMILES string of the molecule is CCN1c2cc(C)c(/C=N\Nc3ccccc3)cc2[C@@H](C)CC1(C)C. The van der Waals surface area contributed by atoms with Gasteiger partial charge in [-0.2, -0.15) is 5.10 Å². The van der Waals surface area contributed by atoms with Gasteiger partial charge in [-0.15, -0.1) is 0 Å². The number of rotatable bonds is 4. The summed E-state index contributed by atoms with van der Waals surface area (Å²) in [6, 6.07) is 14.7. The van der Waals surface area contributed by atoms with E-state index in [2.05, 4.69) is 62.2 Å². The molecule has 3 nitrogen and oxygen atoms in total. The molecule has 3 rings (SSSR count). The van der Waals surface area contributed by atoms with Crippen molar-refractivity contribution in [3.8, 4) is 0 Å². The summed E-state index contributed by atoms with van der Waals surface area (Å²) in [4.78, 5) is 2.54. The Labute approximate surface area is 151 Å². The van der Waals surface area contributed by atoms with Crippen molar-refractivity contribution in [3.05, 3.63) is 59.2 Å². The molecular weight excluding hydrogens is 306 g/mol. The zero-order valence-corrected chi connectivity index (χ0v) is 16.0. The molecule has 0 aromatic heterocycles. The molecule has 1 heterocycles. The first kappa shape index (κ1) is 17.5. The average molecular weight is 335 g/mol. The predicted octanol–water partition coefficient (Wildman–Crippen LogP) is 5.55. The summed E-state index contributed by atoms with van der Waals surface area (Å²) < 4.78 is 0. The van der Waals surface area contributed by atoms with Crippen LogP contribution in [0.4, 0.5) is 11.4 Å². The molecule has 132 valence electrons. The highest BCUT2D eigenvalue weighted by Gasteiger charge is 2.35. The second kappa shape index (κ2) is 6.91. The van der Waals surface area contributed by atoms with Crippen LogP contribution in [0.15, 0.2) is 47.6 Å². The Kier molecular flexibility index (Phi) is 4.85. The van der Waals surface area contributed by atoms with Crippen molar-refractivity contribution in [2.75, 3.05) is 16.9 Å². The van der Waals surface area contributed by atoms with Gasteiger partial charge in [-0.1, -0.05) is 25.1 Å². The monoisotopic (exact) mass is 335 g/mol. The zero-order chi connectivity index (χ0) is 18.0. The van der Waals surface area contributed by atoms with E-state index in [4.69, 9.17) is 0 Å². The number of anilines is 2. The molecule has 2 aromatic carbocycles. The van der Waals surface area contributed by atoms with Crippen LogP contribution < -0.4 is 10.3 Å². The summed E-state index contributed by atoms with van der Waals surface area (Å²) in [6.07, 6.45) is 3.11. The lowest BCUT2D eigenvalue weighted by Crippen LogP contribution is -2.48. The smallest absolute Gasteiger partial charge is 0.0561 e. The topological polar surface area (TPSA) is 27.6 Å². The van der Waals surface area contributed by atoms with Crippen molar-refractivity contribution in [3.63, 3.8) is 0 Å². The van der Waals surface area contributed by atoms with E-state index in [1.165, 1.54) is 28.8 Å². The summed E-state index contributed by atoms with van der Waals surface area (Å²) in [7, 11) is 0. The van der Waals surface area contributed by atoms with Crippen molar-refractivity contribution in [1.29, 1.82) is 0 Å². The number of hydrogen-bond donors (Lipinski definition) is 1. The number of para-hydroxylation sites is 1. The Balaban J connectivity index is 1.90. The summed E-state index contributed by atoms with van der Waals surface area (Å²) in [5.41, 5.74) is 9.59. The third-order valence-electron chi connectivity index (χ3n) is 5.26. The van der Waals surface area contributed by atoms with Gasteiger partial charge in [0, 0.05) is 17.8 Å². The number of nitrogens with one attached hydrogen (secondary N) is 1. The fourth-order valence-corrected chi connectivity index (χ4v) is 4.08. The van der Waals surface area contributed by atoms with Gasteiger partial charge in [0.1, 0.15) is 0 Å². The molecule has 25 heavy (non-hydrogen) atoms. The van der Waals surface area contributed by atoms with Crippen LogP contribution in [0.25, 0.3) is 0 Å². The maximum atomic E-state index is 4.43. The molecule has 1 atom stereocenters. The summed E-state index contributed by atoms with van der Waals surface area (Å²) >= 11 is 0. The molecule has 0 bridgehead atoms. The molecule has 1 aliphatic heterocycles. The van der Waals surface area contributed by atoms with Crippen LogP contribution in [-0.4, -0.2) is 18.3 Å². The Hall–Kier alpha value is -2.29. The van der Waals surface area contributed by atoms with E-state index in [0.717, 1.165) is 12.2 Å². The second-order valence-electron chi connectivity index (χ2n) is 7.67. The van der Waals surface area contributed by atoms with E-state index in [1.807, 2.05) is 36.5 Å². The molecule has 0 amide bonds. The lowest BCUT2D eigenvalue weighted by Gasteiger charge is -2.47. The average Bonchev–Trinajstić information content (AvgIpc) is 2.56. The van der Waals surface area contributed by atoms with Gasteiger partial charge >= 0.3 is 0 Å². The highest BCUT2D eigenvalue weighted by molar-refractivity contribution is 5.84. The van der Waals surface area contributed by atoms with Crippen molar-refractivity contribution >= 4 is 17.6 Å². The molecule has 0 saturated carbocycles. The maximum absolute atomic E-state index is 4.43. The predicted molar refractivity (Wildman–Crippen MR) is 109 cm³/mol. The molecule has 0 radical (unpaired) electrons. The lowest BCUT2D eigenvalue weighted by molar-refractivity contribution is 0.381. The standard InChI is InChI=1S/C22H29N3/c1-6-25-21-12-16(2)18(13-20(21)17(3)14-22(25,4)5)15-23-24-19-10-8-7-9-11-19/h7-13,15,17,24H,6,14H2,1-5H3/b23-15-/t17-/m0/s1. The maximum Gasteiger partial charge on any atom is 0.0561 e. The Bertz CT molecular complexity index is 762. The van der Waals surface area contributed by atoms with E-state index < -0.39 is 0 Å². The first-order valence-corrected chi connectivity index (χ1v) is 9.18. The first-order chi connectivity index (χ1) is 11.9. The van der Waals surface area contributed by atoms with Gasteiger partial charge in [-0.25, -0.2) is 0 Å². The number of nitrogens with zero attached hydrogens (tertiary/aromatic N) is 2. The van der Waals surface area contributed by atoms with Gasteiger partial charge in [0.25, 0.3) is 0 Å². The van der Waals surface area contributed by atoms with E-state index in [9.17, 15) is 0 Å². The normalized spacial score (nSPS) is 19.1. The van der Waals surface area contributed by atoms with Crippen molar-refractivity contribution < 1.29 is 0 Å². The third kappa shape index (κ3) is 3.55. The number of hydrazone groups is 1. The molecular formula is C22H29N3. The Morgan fingerprint density at radius 1 is 1.24 bits per heavy atom. The minimum atomic E-state index is 0.206. The fraction of sp³-hybridized carbons (Fsp3) is 0.409. The van der Waals surface area contributed by atoms with Crippen LogP contribution in [0, 0.1) is 6.92 Å². The highest BCUT2D eigenvalue weighted by Crippen LogP contribution is 2.43. The minimum absolute atomic E-state index is 0.206. The largest absolute Gasteiger partial charge is 0.366 e. The van der Waals surface area contributed by atoms with E-state index >= 15 is 0 Å². The molecule has 0 fully saturated rings. The van der Waals surface area contributed by atoms with E-state index in [1.54, 1.807) is 0 Å². The summed E-state index contributed by atoms with van der Waals surface area (Å²) in [5, 5.41) is 4.43. The highest BCUT2D eigenvalue weighted by atomic mass is 15.3. The molecule has 1 N–H and O–H groups in total. The van der Waals surface area contributed by atoms with Crippen LogP contribution in [0.5, 0.6) is 0 Å². The van der Waals surface area contributed by atoms with E-state index in [-0.39, 0.29) is 5.54 Å². The second-order valence-corrected chi connectivity index (χ2v) is 7.67. The summed E-state index contributed by atoms with van der Waals surface area (Å²) in [6.45, 7) is 12.5. The number of aryl methyl sites for hydroxylation is 1. The Morgan fingerprint density at radius 3 is 2.64 bits per heavy atom. The first-order valence-electron chi connectivity index (χ1n) is 9.18. The van der Waals surface area contributed by atoms with Crippen molar-refractivity contribution in [2.24, 2.45) is 5.10 Å². The quantitative estimate of drug-likeness (QED) is 0.585. The van der Waals surface area contributed by atoms with Crippen LogP contribution in [0.1, 0.15) is 56.7 Å². The number of benzene rings is 2.